The quantitative estimate of drug-likeness (QED) is 0.894. The average molecular weight is 358 g/mol. The first-order valence-corrected chi connectivity index (χ1v) is 8.71. The molecule has 0 aliphatic carbocycles. The maximum Gasteiger partial charge on any atom is 0.226 e. The molecular formula is C19H20ClN3O2. The fourth-order valence-corrected chi connectivity index (χ4v) is 3.56. The maximum atomic E-state index is 12.8. The number of benzene rings is 1. The summed E-state index contributed by atoms with van der Waals surface area (Å²) in [6.45, 7) is 2.79. The third-order valence-electron chi connectivity index (χ3n) is 4.50. The minimum Gasteiger partial charge on any atom is -0.350 e. The van der Waals surface area contributed by atoms with E-state index >= 15 is 0 Å². The van der Waals surface area contributed by atoms with Gasteiger partial charge >= 0.3 is 0 Å². The van der Waals surface area contributed by atoms with Gasteiger partial charge in [0.25, 0.3) is 0 Å². The molecule has 6 heteroatoms. The molecule has 130 valence electrons. The summed E-state index contributed by atoms with van der Waals surface area (Å²) >= 11 is 6.34. The molecule has 25 heavy (non-hydrogen) atoms. The third-order valence-corrected chi connectivity index (χ3v) is 4.85. The van der Waals surface area contributed by atoms with Crippen molar-refractivity contribution < 1.29 is 9.59 Å². The molecule has 0 unspecified atom stereocenters. The van der Waals surface area contributed by atoms with Gasteiger partial charge in [-0.05, 0) is 30.7 Å². The molecule has 0 saturated carbocycles. The van der Waals surface area contributed by atoms with Crippen molar-refractivity contribution in [1.82, 2.24) is 15.2 Å². The third kappa shape index (κ3) is 3.66. The first-order chi connectivity index (χ1) is 12.1. The Hall–Kier alpha value is -2.40. The van der Waals surface area contributed by atoms with E-state index in [1.165, 1.54) is 0 Å². The minimum absolute atomic E-state index is 0.0228. The fraction of sp³-hybridized carbons (Fsp3) is 0.316. The SMILES string of the molecule is CCN1C(=O)C[C@@H](C(=O)NCc2ccccn2)[C@@H]1c1ccccc1Cl. The topological polar surface area (TPSA) is 62.3 Å². The average Bonchev–Trinajstić information content (AvgIpc) is 2.97. The van der Waals surface area contributed by atoms with Crippen molar-refractivity contribution in [2.45, 2.75) is 25.9 Å². The Labute approximate surface area is 152 Å². The lowest BCUT2D eigenvalue weighted by Gasteiger charge is -2.28. The minimum atomic E-state index is -0.462. The Morgan fingerprint density at radius 2 is 2.04 bits per heavy atom. The highest BCUT2D eigenvalue weighted by Gasteiger charge is 2.44. The second kappa shape index (κ2) is 7.66. The molecule has 1 aromatic carbocycles. The second-order valence-corrected chi connectivity index (χ2v) is 6.40. The predicted molar refractivity (Wildman–Crippen MR) is 95.8 cm³/mol. The van der Waals surface area contributed by atoms with E-state index in [2.05, 4.69) is 10.3 Å². The Balaban J connectivity index is 1.81. The summed E-state index contributed by atoms with van der Waals surface area (Å²) in [5.41, 5.74) is 1.59. The zero-order valence-electron chi connectivity index (χ0n) is 14.0. The van der Waals surface area contributed by atoms with Crippen LogP contribution in [0.4, 0.5) is 0 Å². The van der Waals surface area contributed by atoms with Crippen molar-refractivity contribution >= 4 is 23.4 Å². The normalized spacial score (nSPS) is 19.9. The number of hydrogen-bond donors (Lipinski definition) is 1. The predicted octanol–water partition coefficient (Wildman–Crippen LogP) is 2.96. The molecule has 2 heterocycles. The highest BCUT2D eigenvalue weighted by atomic mass is 35.5. The van der Waals surface area contributed by atoms with Crippen LogP contribution in [0.1, 0.15) is 30.6 Å². The van der Waals surface area contributed by atoms with E-state index in [1.807, 2.05) is 43.3 Å². The van der Waals surface area contributed by atoms with Crippen LogP contribution in [0.15, 0.2) is 48.7 Å². The number of pyridine rings is 1. The number of aromatic nitrogens is 1. The Kier molecular flexibility index (Phi) is 5.34. The van der Waals surface area contributed by atoms with Crippen molar-refractivity contribution in [3.63, 3.8) is 0 Å². The van der Waals surface area contributed by atoms with E-state index in [4.69, 9.17) is 11.6 Å². The summed E-state index contributed by atoms with van der Waals surface area (Å²) in [6.07, 6.45) is 1.88. The fourth-order valence-electron chi connectivity index (χ4n) is 3.31. The number of rotatable bonds is 5. The van der Waals surface area contributed by atoms with Gasteiger partial charge < -0.3 is 10.2 Å². The number of likely N-dealkylation sites (tertiary alicyclic amines) is 1. The van der Waals surface area contributed by atoms with Crippen LogP contribution < -0.4 is 5.32 Å². The summed E-state index contributed by atoms with van der Waals surface area (Å²) in [4.78, 5) is 31.1. The van der Waals surface area contributed by atoms with Crippen LogP contribution in [-0.4, -0.2) is 28.2 Å². The number of nitrogens with one attached hydrogen (secondary N) is 1. The molecule has 2 amide bonds. The molecule has 1 fully saturated rings. The largest absolute Gasteiger partial charge is 0.350 e. The van der Waals surface area contributed by atoms with Gasteiger partial charge in [-0.25, -0.2) is 0 Å². The lowest BCUT2D eigenvalue weighted by Crippen LogP contribution is -2.35. The monoisotopic (exact) mass is 357 g/mol. The lowest BCUT2D eigenvalue weighted by molar-refractivity contribution is -0.129. The molecule has 0 bridgehead atoms. The number of halogens is 1. The van der Waals surface area contributed by atoms with Crippen LogP contribution in [0.3, 0.4) is 0 Å². The van der Waals surface area contributed by atoms with Gasteiger partial charge in [0.15, 0.2) is 0 Å². The van der Waals surface area contributed by atoms with Crippen molar-refractivity contribution in [2.75, 3.05) is 6.54 Å². The van der Waals surface area contributed by atoms with Crippen molar-refractivity contribution in [1.29, 1.82) is 0 Å². The summed E-state index contributed by atoms with van der Waals surface area (Å²) in [5, 5.41) is 3.47. The van der Waals surface area contributed by atoms with E-state index < -0.39 is 5.92 Å². The smallest absolute Gasteiger partial charge is 0.226 e. The van der Waals surface area contributed by atoms with Crippen LogP contribution in [0, 0.1) is 5.92 Å². The van der Waals surface area contributed by atoms with Crippen molar-refractivity contribution in [3.8, 4) is 0 Å². The molecule has 3 rings (SSSR count). The molecule has 0 radical (unpaired) electrons. The second-order valence-electron chi connectivity index (χ2n) is 6.00. The van der Waals surface area contributed by atoms with E-state index in [9.17, 15) is 9.59 Å². The molecule has 1 N–H and O–H groups in total. The van der Waals surface area contributed by atoms with E-state index in [1.54, 1.807) is 17.2 Å². The van der Waals surface area contributed by atoms with E-state index in [-0.39, 0.29) is 24.3 Å². The molecule has 5 nitrogen and oxygen atoms in total. The Bertz CT molecular complexity index is 766. The highest BCUT2D eigenvalue weighted by molar-refractivity contribution is 6.31. The molecule has 0 spiro atoms. The maximum absolute atomic E-state index is 12.8. The van der Waals surface area contributed by atoms with Crippen LogP contribution in [-0.2, 0) is 16.1 Å². The molecule has 1 aliphatic rings. The molecule has 1 saturated heterocycles. The van der Waals surface area contributed by atoms with Crippen molar-refractivity contribution in [2.24, 2.45) is 5.92 Å². The molecule has 1 aliphatic heterocycles. The molecule has 2 atom stereocenters. The molecule has 1 aromatic heterocycles. The van der Waals surface area contributed by atoms with Gasteiger partial charge in [-0.15, -0.1) is 0 Å². The highest BCUT2D eigenvalue weighted by Crippen LogP contribution is 2.40. The zero-order valence-corrected chi connectivity index (χ0v) is 14.7. The van der Waals surface area contributed by atoms with Gasteiger partial charge in [0.2, 0.25) is 11.8 Å². The van der Waals surface area contributed by atoms with Crippen LogP contribution in [0.5, 0.6) is 0 Å². The zero-order chi connectivity index (χ0) is 17.8. The first kappa shape index (κ1) is 17.4. The summed E-state index contributed by atoms with van der Waals surface area (Å²) in [5.74, 6) is -0.638. The van der Waals surface area contributed by atoms with Crippen LogP contribution in [0.2, 0.25) is 5.02 Å². The molecular weight excluding hydrogens is 338 g/mol. The van der Waals surface area contributed by atoms with Gasteiger partial charge in [-0.2, -0.15) is 0 Å². The van der Waals surface area contributed by atoms with Gasteiger partial charge in [-0.3, -0.25) is 14.6 Å². The van der Waals surface area contributed by atoms with E-state index in [0.717, 1.165) is 11.3 Å². The van der Waals surface area contributed by atoms with Gasteiger partial charge in [-0.1, -0.05) is 35.9 Å². The first-order valence-electron chi connectivity index (χ1n) is 8.33. The summed E-state index contributed by atoms with van der Waals surface area (Å²) in [6, 6.07) is 12.6. The van der Waals surface area contributed by atoms with E-state index in [0.29, 0.717) is 18.1 Å². The van der Waals surface area contributed by atoms with Gasteiger partial charge in [0, 0.05) is 24.2 Å². The lowest BCUT2D eigenvalue weighted by atomic mass is 9.92. The number of amides is 2. The van der Waals surface area contributed by atoms with Crippen LogP contribution in [0.25, 0.3) is 0 Å². The summed E-state index contributed by atoms with van der Waals surface area (Å²) in [7, 11) is 0. The van der Waals surface area contributed by atoms with Gasteiger partial charge in [0.1, 0.15) is 0 Å². The van der Waals surface area contributed by atoms with Crippen molar-refractivity contribution in [3.05, 3.63) is 64.9 Å². The number of carbonyl (C=O) groups excluding carboxylic acids is 2. The molecule has 2 aromatic rings. The van der Waals surface area contributed by atoms with Crippen LogP contribution >= 0.6 is 11.6 Å². The number of carbonyl (C=O) groups is 2. The number of hydrogen-bond acceptors (Lipinski definition) is 3. The number of nitrogens with zero attached hydrogens (tertiary/aromatic N) is 2. The standard InChI is InChI=1S/C19H20ClN3O2/c1-2-23-17(24)11-15(18(23)14-8-3-4-9-16(14)20)19(25)22-12-13-7-5-6-10-21-13/h3-10,15,18H,2,11-12H2,1H3,(H,22,25)/t15-,18+/m1/s1. The summed E-state index contributed by atoms with van der Waals surface area (Å²) < 4.78 is 0. The van der Waals surface area contributed by atoms with Gasteiger partial charge in [0.05, 0.1) is 24.2 Å². The Morgan fingerprint density at radius 1 is 1.28 bits per heavy atom. The Morgan fingerprint density at radius 3 is 2.72 bits per heavy atom.